The van der Waals surface area contributed by atoms with Crippen molar-refractivity contribution in [2.45, 2.75) is 25.7 Å². The molecule has 0 aliphatic carbocycles. The molecule has 6 heteroatoms. The van der Waals surface area contributed by atoms with Gasteiger partial charge in [0.25, 0.3) is 5.91 Å². The average molecular weight is 283 g/mol. The first kappa shape index (κ1) is 13.6. The van der Waals surface area contributed by atoms with E-state index in [1.165, 1.54) is 6.33 Å². The molecule has 6 nitrogen and oxygen atoms in total. The number of aryl methyl sites for hydroxylation is 1. The summed E-state index contributed by atoms with van der Waals surface area (Å²) in [7, 11) is 0. The van der Waals surface area contributed by atoms with Crippen molar-refractivity contribution in [1.29, 1.82) is 0 Å². The number of rotatable bonds is 2. The molecule has 0 spiro atoms. The molecular weight excluding hydrogens is 266 g/mol. The van der Waals surface area contributed by atoms with Gasteiger partial charge in [0.2, 0.25) is 0 Å². The summed E-state index contributed by atoms with van der Waals surface area (Å²) in [5, 5.41) is 0. The predicted octanol–water partition coefficient (Wildman–Crippen LogP) is 1.59. The summed E-state index contributed by atoms with van der Waals surface area (Å²) in [5.74, 6) is 1.01. The lowest BCUT2D eigenvalue weighted by Crippen LogP contribution is -2.39. The van der Waals surface area contributed by atoms with Crippen molar-refractivity contribution in [1.82, 2.24) is 24.8 Å². The average Bonchev–Trinajstić information content (AvgIpc) is 2.55. The van der Waals surface area contributed by atoms with Gasteiger partial charge in [-0.25, -0.2) is 19.9 Å². The molecule has 1 aliphatic heterocycles. The zero-order valence-corrected chi connectivity index (χ0v) is 11.9. The minimum Gasteiger partial charge on any atom is -0.337 e. The first-order valence-corrected chi connectivity index (χ1v) is 7.09. The van der Waals surface area contributed by atoms with Crippen molar-refractivity contribution in [2.75, 3.05) is 13.1 Å². The summed E-state index contributed by atoms with van der Waals surface area (Å²) in [5.41, 5.74) is 1.47. The standard InChI is InChI=1S/C15H17N5O/c1-11-17-7-5-13(19-11)12-3-2-8-20(9-12)15(21)14-4-6-16-10-18-14/h4-7,10,12H,2-3,8-9H2,1H3/t12-/m0/s1. The molecule has 1 fully saturated rings. The van der Waals surface area contributed by atoms with Gasteiger partial charge in [0.1, 0.15) is 17.8 Å². The number of aromatic nitrogens is 4. The second-order valence-electron chi connectivity index (χ2n) is 5.21. The number of hydrogen-bond donors (Lipinski definition) is 0. The largest absolute Gasteiger partial charge is 0.337 e. The molecule has 2 aromatic heterocycles. The molecule has 1 atom stereocenters. The van der Waals surface area contributed by atoms with Crippen molar-refractivity contribution in [3.8, 4) is 0 Å². The van der Waals surface area contributed by atoms with Gasteiger partial charge in [-0.05, 0) is 31.9 Å². The van der Waals surface area contributed by atoms with Crippen LogP contribution < -0.4 is 0 Å². The van der Waals surface area contributed by atoms with Gasteiger partial charge in [0.15, 0.2) is 0 Å². The van der Waals surface area contributed by atoms with Crippen LogP contribution in [-0.4, -0.2) is 43.8 Å². The Kier molecular flexibility index (Phi) is 3.85. The Bertz CT molecular complexity index is 631. The Hall–Kier alpha value is -2.37. The summed E-state index contributed by atoms with van der Waals surface area (Å²) in [6.45, 7) is 3.33. The van der Waals surface area contributed by atoms with Crippen molar-refractivity contribution in [3.63, 3.8) is 0 Å². The Morgan fingerprint density at radius 2 is 2.19 bits per heavy atom. The molecule has 0 N–H and O–H groups in total. The van der Waals surface area contributed by atoms with Gasteiger partial charge < -0.3 is 4.90 Å². The van der Waals surface area contributed by atoms with Crippen LogP contribution in [0.4, 0.5) is 0 Å². The van der Waals surface area contributed by atoms with Crippen LogP contribution >= 0.6 is 0 Å². The molecule has 0 bridgehead atoms. The number of carbonyl (C=O) groups is 1. The molecule has 0 aromatic carbocycles. The summed E-state index contributed by atoms with van der Waals surface area (Å²) in [4.78, 5) is 30.8. The lowest BCUT2D eigenvalue weighted by atomic mass is 9.94. The lowest BCUT2D eigenvalue weighted by Gasteiger charge is -2.32. The van der Waals surface area contributed by atoms with Gasteiger partial charge in [-0.1, -0.05) is 0 Å². The summed E-state index contributed by atoms with van der Waals surface area (Å²) >= 11 is 0. The van der Waals surface area contributed by atoms with E-state index in [-0.39, 0.29) is 11.8 Å². The molecule has 1 aliphatic rings. The normalized spacial score (nSPS) is 18.5. The first-order valence-electron chi connectivity index (χ1n) is 7.09. The fourth-order valence-electron chi connectivity index (χ4n) is 2.68. The highest BCUT2D eigenvalue weighted by atomic mass is 16.2. The van der Waals surface area contributed by atoms with Crippen LogP contribution in [0.25, 0.3) is 0 Å². The van der Waals surface area contributed by atoms with E-state index >= 15 is 0 Å². The van der Waals surface area contributed by atoms with E-state index in [4.69, 9.17) is 0 Å². The molecule has 0 saturated carbocycles. The van der Waals surface area contributed by atoms with Crippen molar-refractivity contribution in [3.05, 3.63) is 48.1 Å². The summed E-state index contributed by atoms with van der Waals surface area (Å²) < 4.78 is 0. The first-order chi connectivity index (χ1) is 10.2. The smallest absolute Gasteiger partial charge is 0.272 e. The third kappa shape index (κ3) is 3.04. The molecule has 0 radical (unpaired) electrons. The number of hydrogen-bond acceptors (Lipinski definition) is 5. The van der Waals surface area contributed by atoms with Crippen LogP contribution in [0.2, 0.25) is 0 Å². The SMILES string of the molecule is Cc1nccc([C@H]2CCCN(C(=O)c3ccncn3)C2)n1. The molecule has 2 aromatic rings. The Morgan fingerprint density at radius 3 is 2.95 bits per heavy atom. The van der Waals surface area contributed by atoms with Crippen LogP contribution in [0.5, 0.6) is 0 Å². The lowest BCUT2D eigenvalue weighted by molar-refractivity contribution is 0.0699. The minimum atomic E-state index is -0.0344. The Balaban J connectivity index is 1.75. The quantitative estimate of drug-likeness (QED) is 0.837. The van der Waals surface area contributed by atoms with Crippen molar-refractivity contribution >= 4 is 5.91 Å². The van der Waals surface area contributed by atoms with E-state index in [0.717, 1.165) is 30.9 Å². The second-order valence-corrected chi connectivity index (χ2v) is 5.21. The highest BCUT2D eigenvalue weighted by Crippen LogP contribution is 2.26. The number of amides is 1. The van der Waals surface area contributed by atoms with E-state index < -0.39 is 0 Å². The highest BCUT2D eigenvalue weighted by molar-refractivity contribution is 5.92. The van der Waals surface area contributed by atoms with E-state index in [1.807, 2.05) is 17.9 Å². The van der Waals surface area contributed by atoms with Gasteiger partial charge in [0, 0.05) is 37.1 Å². The van der Waals surface area contributed by atoms with Crippen molar-refractivity contribution < 1.29 is 4.79 Å². The van der Waals surface area contributed by atoms with E-state index in [9.17, 15) is 4.79 Å². The van der Waals surface area contributed by atoms with Crippen LogP contribution in [0.3, 0.4) is 0 Å². The van der Waals surface area contributed by atoms with Gasteiger partial charge in [-0.3, -0.25) is 4.79 Å². The molecule has 3 heterocycles. The maximum atomic E-state index is 12.4. The molecule has 21 heavy (non-hydrogen) atoms. The zero-order chi connectivity index (χ0) is 14.7. The van der Waals surface area contributed by atoms with Crippen LogP contribution in [0, 0.1) is 6.92 Å². The van der Waals surface area contributed by atoms with Gasteiger partial charge in [-0.2, -0.15) is 0 Å². The topological polar surface area (TPSA) is 71.9 Å². The monoisotopic (exact) mass is 283 g/mol. The molecule has 108 valence electrons. The van der Waals surface area contributed by atoms with Crippen LogP contribution in [0.15, 0.2) is 30.9 Å². The maximum Gasteiger partial charge on any atom is 0.272 e. The number of carbonyl (C=O) groups excluding carboxylic acids is 1. The van der Waals surface area contributed by atoms with E-state index in [1.54, 1.807) is 18.5 Å². The number of nitrogens with zero attached hydrogens (tertiary/aromatic N) is 5. The molecule has 1 saturated heterocycles. The summed E-state index contributed by atoms with van der Waals surface area (Å²) in [6.07, 6.45) is 6.80. The molecule has 0 unspecified atom stereocenters. The Labute approximate surface area is 123 Å². The predicted molar refractivity (Wildman–Crippen MR) is 76.7 cm³/mol. The van der Waals surface area contributed by atoms with Crippen LogP contribution in [0.1, 0.15) is 40.8 Å². The molecule has 1 amide bonds. The third-order valence-corrected chi connectivity index (χ3v) is 3.73. The van der Waals surface area contributed by atoms with Crippen molar-refractivity contribution in [2.24, 2.45) is 0 Å². The Morgan fingerprint density at radius 1 is 1.29 bits per heavy atom. The number of likely N-dealkylation sites (tertiary alicyclic amines) is 1. The van der Waals surface area contributed by atoms with Gasteiger partial charge >= 0.3 is 0 Å². The fourth-order valence-corrected chi connectivity index (χ4v) is 2.68. The van der Waals surface area contributed by atoms with Gasteiger partial charge in [0.05, 0.1) is 0 Å². The maximum absolute atomic E-state index is 12.4. The van der Waals surface area contributed by atoms with E-state index in [0.29, 0.717) is 12.2 Å². The van der Waals surface area contributed by atoms with Gasteiger partial charge in [-0.15, -0.1) is 0 Å². The number of piperidine rings is 1. The third-order valence-electron chi connectivity index (χ3n) is 3.73. The molecule has 3 rings (SSSR count). The highest BCUT2D eigenvalue weighted by Gasteiger charge is 2.26. The zero-order valence-electron chi connectivity index (χ0n) is 11.9. The van der Waals surface area contributed by atoms with Crippen LogP contribution in [-0.2, 0) is 0 Å². The fraction of sp³-hybridized carbons (Fsp3) is 0.400. The molecular formula is C15H17N5O. The second kappa shape index (κ2) is 5.95. The summed E-state index contributed by atoms with van der Waals surface area (Å²) in [6, 6.07) is 3.59. The van der Waals surface area contributed by atoms with E-state index in [2.05, 4.69) is 19.9 Å². The minimum absolute atomic E-state index is 0.0344.